The molecule has 138 valence electrons. The van der Waals surface area contributed by atoms with Crippen LogP contribution in [0.25, 0.3) is 0 Å². The van der Waals surface area contributed by atoms with Crippen LogP contribution in [0.2, 0.25) is 0 Å². The predicted molar refractivity (Wildman–Crippen MR) is 90.8 cm³/mol. The second-order valence-electron chi connectivity index (χ2n) is 5.97. The summed E-state index contributed by atoms with van der Waals surface area (Å²) in [5, 5.41) is 9.37. The van der Waals surface area contributed by atoms with Crippen LogP contribution in [-0.4, -0.2) is 35.9 Å². The van der Waals surface area contributed by atoms with Crippen LogP contribution in [0.4, 0.5) is 10.5 Å². The molecule has 2 amide bonds. The maximum absolute atomic E-state index is 12.1. The minimum absolute atomic E-state index is 0.172. The van der Waals surface area contributed by atoms with Gasteiger partial charge in [0.05, 0.1) is 7.11 Å². The molecule has 1 atom stereocenters. The molecule has 26 heavy (non-hydrogen) atoms. The highest BCUT2D eigenvalue weighted by molar-refractivity contribution is 5.89. The SMILES string of the molecule is COC(=O)COc1ccc(NC(=O)N[C@@H](C)c2nc(C3CC3)no2)cc1. The lowest BCUT2D eigenvalue weighted by Crippen LogP contribution is -2.31. The molecule has 9 nitrogen and oxygen atoms in total. The van der Waals surface area contributed by atoms with Crippen molar-refractivity contribution in [2.24, 2.45) is 0 Å². The van der Waals surface area contributed by atoms with Crippen LogP contribution in [0.5, 0.6) is 5.75 Å². The Hall–Kier alpha value is -3.10. The van der Waals surface area contributed by atoms with Gasteiger partial charge in [-0.3, -0.25) is 0 Å². The number of carbonyl (C=O) groups is 2. The molecule has 0 unspecified atom stereocenters. The smallest absolute Gasteiger partial charge is 0.343 e. The number of esters is 1. The molecule has 3 rings (SSSR count). The molecule has 1 heterocycles. The number of aromatic nitrogens is 2. The van der Waals surface area contributed by atoms with Crippen molar-refractivity contribution in [3.63, 3.8) is 0 Å². The molecule has 1 fully saturated rings. The van der Waals surface area contributed by atoms with E-state index in [1.54, 1.807) is 31.2 Å². The van der Waals surface area contributed by atoms with Crippen LogP contribution in [0.1, 0.15) is 43.4 Å². The summed E-state index contributed by atoms with van der Waals surface area (Å²) in [5.74, 6) is 1.51. The zero-order valence-corrected chi connectivity index (χ0v) is 14.5. The van der Waals surface area contributed by atoms with E-state index in [4.69, 9.17) is 9.26 Å². The molecular weight excluding hydrogens is 340 g/mol. The van der Waals surface area contributed by atoms with Gasteiger partial charge in [0, 0.05) is 11.6 Å². The summed E-state index contributed by atoms with van der Waals surface area (Å²) in [6.07, 6.45) is 2.17. The van der Waals surface area contributed by atoms with Crippen molar-refractivity contribution in [2.45, 2.75) is 31.7 Å². The molecule has 9 heteroatoms. The Balaban J connectivity index is 1.48. The van der Waals surface area contributed by atoms with Gasteiger partial charge in [0.1, 0.15) is 11.8 Å². The van der Waals surface area contributed by atoms with E-state index in [9.17, 15) is 9.59 Å². The van der Waals surface area contributed by atoms with Gasteiger partial charge < -0.3 is 24.6 Å². The molecule has 0 radical (unpaired) electrons. The van der Waals surface area contributed by atoms with E-state index in [1.165, 1.54) is 7.11 Å². The van der Waals surface area contributed by atoms with Gasteiger partial charge in [0.2, 0.25) is 5.89 Å². The third-order valence-electron chi connectivity index (χ3n) is 3.81. The topological polar surface area (TPSA) is 116 Å². The average Bonchev–Trinajstić information content (AvgIpc) is 3.37. The van der Waals surface area contributed by atoms with E-state index in [0.717, 1.165) is 12.8 Å². The summed E-state index contributed by atoms with van der Waals surface area (Å²) in [5.41, 5.74) is 0.573. The first-order valence-corrected chi connectivity index (χ1v) is 8.26. The molecule has 1 aromatic carbocycles. The highest BCUT2D eigenvalue weighted by atomic mass is 16.6. The zero-order chi connectivity index (χ0) is 18.5. The van der Waals surface area contributed by atoms with E-state index in [1.807, 2.05) is 0 Å². The minimum atomic E-state index is -0.466. The summed E-state index contributed by atoms with van der Waals surface area (Å²) < 4.78 is 14.9. The highest BCUT2D eigenvalue weighted by Crippen LogP contribution is 2.38. The Bertz CT molecular complexity index is 770. The first-order valence-electron chi connectivity index (χ1n) is 8.26. The number of rotatable bonds is 7. The lowest BCUT2D eigenvalue weighted by Gasteiger charge is -2.11. The fraction of sp³-hybridized carbons (Fsp3) is 0.412. The Labute approximate surface area is 150 Å². The second kappa shape index (κ2) is 7.85. The van der Waals surface area contributed by atoms with Gasteiger partial charge in [-0.2, -0.15) is 4.98 Å². The number of hydrogen-bond donors (Lipinski definition) is 2. The normalized spacial score (nSPS) is 14.4. The molecule has 1 aliphatic carbocycles. The van der Waals surface area contributed by atoms with Crippen LogP contribution < -0.4 is 15.4 Å². The van der Waals surface area contributed by atoms with Crippen molar-refractivity contribution >= 4 is 17.7 Å². The molecule has 0 aliphatic heterocycles. The maximum Gasteiger partial charge on any atom is 0.343 e. The molecule has 0 saturated heterocycles. The number of anilines is 1. The monoisotopic (exact) mass is 360 g/mol. The van der Waals surface area contributed by atoms with Gasteiger partial charge in [0.15, 0.2) is 12.4 Å². The molecule has 0 spiro atoms. The summed E-state index contributed by atoms with van der Waals surface area (Å²) in [6, 6.07) is 5.80. The van der Waals surface area contributed by atoms with Crippen molar-refractivity contribution in [1.82, 2.24) is 15.5 Å². The van der Waals surface area contributed by atoms with Gasteiger partial charge in [-0.15, -0.1) is 0 Å². The van der Waals surface area contributed by atoms with E-state index < -0.39 is 18.0 Å². The quantitative estimate of drug-likeness (QED) is 0.728. The Morgan fingerprint density at radius 3 is 2.69 bits per heavy atom. The number of nitrogens with zero attached hydrogens (tertiary/aromatic N) is 2. The Morgan fingerprint density at radius 1 is 1.31 bits per heavy atom. The van der Waals surface area contributed by atoms with Gasteiger partial charge in [-0.05, 0) is 44.0 Å². The summed E-state index contributed by atoms with van der Waals surface area (Å²) in [4.78, 5) is 27.4. The van der Waals surface area contributed by atoms with Crippen molar-refractivity contribution in [3.05, 3.63) is 36.0 Å². The number of hydrogen-bond acceptors (Lipinski definition) is 7. The summed E-state index contributed by atoms with van der Waals surface area (Å²) in [7, 11) is 1.29. The Morgan fingerprint density at radius 2 is 2.04 bits per heavy atom. The number of benzene rings is 1. The number of urea groups is 1. The van der Waals surface area contributed by atoms with Gasteiger partial charge in [-0.1, -0.05) is 5.16 Å². The third-order valence-corrected chi connectivity index (χ3v) is 3.81. The van der Waals surface area contributed by atoms with E-state index in [-0.39, 0.29) is 6.61 Å². The third kappa shape index (κ3) is 4.71. The van der Waals surface area contributed by atoms with Crippen molar-refractivity contribution in [3.8, 4) is 5.75 Å². The van der Waals surface area contributed by atoms with Gasteiger partial charge in [-0.25, -0.2) is 9.59 Å². The number of amides is 2. The number of ether oxygens (including phenoxy) is 2. The van der Waals surface area contributed by atoms with Crippen molar-refractivity contribution < 1.29 is 23.6 Å². The molecule has 1 saturated carbocycles. The summed E-state index contributed by atoms with van der Waals surface area (Å²) >= 11 is 0. The molecule has 1 aromatic heterocycles. The fourth-order valence-electron chi connectivity index (χ4n) is 2.19. The van der Waals surface area contributed by atoms with E-state index in [2.05, 4.69) is 25.5 Å². The van der Waals surface area contributed by atoms with Crippen LogP contribution in [-0.2, 0) is 9.53 Å². The van der Waals surface area contributed by atoms with Crippen LogP contribution in [0, 0.1) is 0 Å². The summed E-state index contributed by atoms with van der Waals surface area (Å²) in [6.45, 7) is 1.60. The highest BCUT2D eigenvalue weighted by Gasteiger charge is 2.29. The maximum atomic E-state index is 12.1. The molecule has 2 N–H and O–H groups in total. The number of methoxy groups -OCH3 is 1. The van der Waals surface area contributed by atoms with Crippen molar-refractivity contribution in [2.75, 3.05) is 19.0 Å². The van der Waals surface area contributed by atoms with Crippen LogP contribution in [0.15, 0.2) is 28.8 Å². The minimum Gasteiger partial charge on any atom is -0.482 e. The number of nitrogens with one attached hydrogen (secondary N) is 2. The van der Waals surface area contributed by atoms with Gasteiger partial charge in [0.25, 0.3) is 0 Å². The Kier molecular flexibility index (Phi) is 5.35. The first-order chi connectivity index (χ1) is 12.5. The second-order valence-corrected chi connectivity index (χ2v) is 5.97. The van der Waals surface area contributed by atoms with Crippen LogP contribution in [0.3, 0.4) is 0 Å². The van der Waals surface area contributed by atoms with E-state index >= 15 is 0 Å². The number of carbonyl (C=O) groups excluding carboxylic acids is 2. The largest absolute Gasteiger partial charge is 0.482 e. The average molecular weight is 360 g/mol. The fourth-order valence-corrected chi connectivity index (χ4v) is 2.19. The molecule has 2 aromatic rings. The predicted octanol–water partition coefficient (Wildman–Crippen LogP) is 2.38. The molecular formula is C17H20N4O5. The molecule has 1 aliphatic rings. The zero-order valence-electron chi connectivity index (χ0n) is 14.5. The van der Waals surface area contributed by atoms with Crippen molar-refractivity contribution in [1.29, 1.82) is 0 Å². The van der Waals surface area contributed by atoms with E-state index in [0.29, 0.717) is 29.1 Å². The standard InChI is InChI=1S/C17H20N4O5/c1-10(16-20-15(21-26-16)11-3-4-11)18-17(23)19-12-5-7-13(8-6-12)25-9-14(22)24-2/h5-8,10-11H,3-4,9H2,1-2H3,(H2,18,19,23)/t10-/m0/s1. The first kappa shape index (κ1) is 17.7. The lowest BCUT2D eigenvalue weighted by atomic mass is 10.3. The lowest BCUT2D eigenvalue weighted by molar-refractivity contribution is -0.142. The molecule has 0 bridgehead atoms. The van der Waals surface area contributed by atoms with Gasteiger partial charge >= 0.3 is 12.0 Å². The van der Waals surface area contributed by atoms with Crippen LogP contribution >= 0.6 is 0 Å².